The topological polar surface area (TPSA) is 38.5 Å². The van der Waals surface area contributed by atoms with E-state index in [1.807, 2.05) is 0 Å². The first-order chi connectivity index (χ1) is 6.85. The molecule has 1 aliphatic heterocycles. The fraction of sp³-hybridized carbons (Fsp3) is 0.455. The Hall–Kier alpha value is -1.06. The highest BCUT2D eigenvalue weighted by molar-refractivity contribution is 5.58. The normalized spacial score (nSPS) is 14.6. The molecule has 1 aliphatic rings. The zero-order valence-corrected chi connectivity index (χ0v) is 8.49. The number of rotatable bonds is 3. The molecule has 0 bridgehead atoms. The second-order valence-corrected chi connectivity index (χ2v) is 3.60. The highest BCUT2D eigenvalue weighted by Crippen LogP contribution is 2.28. The summed E-state index contributed by atoms with van der Waals surface area (Å²) in [4.78, 5) is 7.02. The van der Waals surface area contributed by atoms with E-state index in [1.54, 1.807) is 0 Å². The Morgan fingerprint density at radius 2 is 2.36 bits per heavy atom. The standard InChI is InChI=1S/C11H16N2O/c1-2-13-6-5-10-7-9(8-14-12)3-4-11(10)13/h3-4,7H,2,5-6,8,12H2,1H3. The molecule has 0 amide bonds. The van der Waals surface area contributed by atoms with Crippen LogP contribution in [0, 0.1) is 0 Å². The Balaban J connectivity index is 2.25. The number of hydrogen-bond donors (Lipinski definition) is 1. The number of nitrogens with zero attached hydrogens (tertiary/aromatic N) is 1. The summed E-state index contributed by atoms with van der Waals surface area (Å²) in [5, 5.41) is 0. The highest BCUT2D eigenvalue weighted by atomic mass is 16.6. The highest BCUT2D eigenvalue weighted by Gasteiger charge is 2.17. The third-order valence-corrected chi connectivity index (χ3v) is 2.77. The number of nitrogens with two attached hydrogens (primary N) is 1. The van der Waals surface area contributed by atoms with Gasteiger partial charge in [0.05, 0.1) is 6.61 Å². The third-order valence-electron chi connectivity index (χ3n) is 2.77. The smallest absolute Gasteiger partial charge is 0.0930 e. The molecule has 3 nitrogen and oxygen atoms in total. The average molecular weight is 192 g/mol. The van der Waals surface area contributed by atoms with Gasteiger partial charge in [-0.15, -0.1) is 0 Å². The molecule has 0 saturated heterocycles. The van der Waals surface area contributed by atoms with Crippen molar-refractivity contribution in [3.05, 3.63) is 29.3 Å². The molecule has 0 unspecified atom stereocenters. The second-order valence-electron chi connectivity index (χ2n) is 3.60. The van der Waals surface area contributed by atoms with Crippen molar-refractivity contribution in [2.75, 3.05) is 18.0 Å². The first-order valence-electron chi connectivity index (χ1n) is 5.03. The van der Waals surface area contributed by atoms with E-state index >= 15 is 0 Å². The summed E-state index contributed by atoms with van der Waals surface area (Å²) in [5.74, 6) is 5.05. The van der Waals surface area contributed by atoms with Crippen molar-refractivity contribution in [1.29, 1.82) is 0 Å². The van der Waals surface area contributed by atoms with Gasteiger partial charge in [0.25, 0.3) is 0 Å². The second kappa shape index (κ2) is 3.98. The van der Waals surface area contributed by atoms with E-state index in [0.717, 1.165) is 25.1 Å². The van der Waals surface area contributed by atoms with Gasteiger partial charge in [-0.1, -0.05) is 12.1 Å². The van der Waals surface area contributed by atoms with Crippen LogP contribution in [0.5, 0.6) is 0 Å². The minimum absolute atomic E-state index is 0.499. The van der Waals surface area contributed by atoms with E-state index in [2.05, 4.69) is 34.9 Å². The molecule has 2 rings (SSSR count). The van der Waals surface area contributed by atoms with Crippen molar-refractivity contribution in [2.45, 2.75) is 20.0 Å². The number of likely N-dealkylation sites (N-methyl/N-ethyl adjacent to an activating group) is 1. The fourth-order valence-corrected chi connectivity index (χ4v) is 2.04. The number of benzene rings is 1. The molecule has 0 fully saturated rings. The van der Waals surface area contributed by atoms with Gasteiger partial charge in [-0.05, 0) is 30.5 Å². The maximum atomic E-state index is 5.05. The maximum Gasteiger partial charge on any atom is 0.0930 e. The van der Waals surface area contributed by atoms with Gasteiger partial charge in [0.15, 0.2) is 0 Å². The van der Waals surface area contributed by atoms with Gasteiger partial charge in [0, 0.05) is 18.8 Å². The predicted octanol–water partition coefficient (Wildman–Crippen LogP) is 1.46. The Kier molecular flexibility index (Phi) is 2.70. The lowest BCUT2D eigenvalue weighted by Gasteiger charge is -2.16. The van der Waals surface area contributed by atoms with Crippen molar-refractivity contribution >= 4 is 5.69 Å². The molecule has 0 saturated carbocycles. The van der Waals surface area contributed by atoms with Crippen molar-refractivity contribution in [2.24, 2.45) is 5.90 Å². The van der Waals surface area contributed by atoms with Crippen molar-refractivity contribution in [1.82, 2.24) is 0 Å². The van der Waals surface area contributed by atoms with E-state index in [-0.39, 0.29) is 0 Å². The average Bonchev–Trinajstić information content (AvgIpc) is 2.60. The summed E-state index contributed by atoms with van der Waals surface area (Å²) in [6, 6.07) is 6.44. The summed E-state index contributed by atoms with van der Waals surface area (Å²) in [5.41, 5.74) is 3.94. The molecule has 3 heteroatoms. The molecule has 0 aromatic heterocycles. The molecular formula is C11H16N2O. The van der Waals surface area contributed by atoms with Crippen LogP contribution in [0.1, 0.15) is 18.1 Å². The minimum Gasteiger partial charge on any atom is -0.371 e. The lowest BCUT2D eigenvalue weighted by molar-refractivity contribution is 0.124. The third kappa shape index (κ3) is 1.61. The molecule has 0 radical (unpaired) electrons. The van der Waals surface area contributed by atoms with Gasteiger partial charge in [-0.25, -0.2) is 5.90 Å². The molecule has 2 N–H and O–H groups in total. The summed E-state index contributed by atoms with van der Waals surface area (Å²) in [7, 11) is 0. The SMILES string of the molecule is CCN1CCc2cc(CON)ccc21. The van der Waals surface area contributed by atoms with E-state index in [1.165, 1.54) is 11.3 Å². The summed E-state index contributed by atoms with van der Waals surface area (Å²) in [6.07, 6.45) is 1.14. The Morgan fingerprint density at radius 3 is 3.07 bits per heavy atom. The van der Waals surface area contributed by atoms with E-state index in [4.69, 9.17) is 5.90 Å². The van der Waals surface area contributed by atoms with Crippen LogP contribution in [0.4, 0.5) is 5.69 Å². The van der Waals surface area contributed by atoms with Gasteiger partial charge in [0.1, 0.15) is 0 Å². The summed E-state index contributed by atoms with van der Waals surface area (Å²) < 4.78 is 0. The molecule has 0 atom stereocenters. The molecule has 1 heterocycles. The molecular weight excluding hydrogens is 176 g/mol. The van der Waals surface area contributed by atoms with Gasteiger partial charge in [0.2, 0.25) is 0 Å². The van der Waals surface area contributed by atoms with Crippen LogP contribution in [0.2, 0.25) is 0 Å². The van der Waals surface area contributed by atoms with Crippen LogP contribution in [-0.2, 0) is 17.9 Å². The van der Waals surface area contributed by atoms with Gasteiger partial charge < -0.3 is 4.90 Å². The lowest BCUT2D eigenvalue weighted by Crippen LogP contribution is -2.19. The van der Waals surface area contributed by atoms with Gasteiger partial charge >= 0.3 is 0 Å². The van der Waals surface area contributed by atoms with Gasteiger partial charge in [-0.2, -0.15) is 0 Å². The zero-order chi connectivity index (χ0) is 9.97. The van der Waals surface area contributed by atoms with Crippen molar-refractivity contribution < 1.29 is 4.84 Å². The predicted molar refractivity (Wildman–Crippen MR) is 57.0 cm³/mol. The Bertz CT molecular complexity index is 325. The van der Waals surface area contributed by atoms with Crippen LogP contribution in [0.15, 0.2) is 18.2 Å². The van der Waals surface area contributed by atoms with Crippen LogP contribution < -0.4 is 10.8 Å². The van der Waals surface area contributed by atoms with E-state index < -0.39 is 0 Å². The summed E-state index contributed by atoms with van der Waals surface area (Å²) in [6.45, 7) is 4.91. The molecule has 14 heavy (non-hydrogen) atoms. The largest absolute Gasteiger partial charge is 0.371 e. The monoisotopic (exact) mass is 192 g/mol. The molecule has 1 aromatic carbocycles. The van der Waals surface area contributed by atoms with Gasteiger partial charge in [-0.3, -0.25) is 4.84 Å². The van der Waals surface area contributed by atoms with Crippen molar-refractivity contribution in [3.8, 4) is 0 Å². The van der Waals surface area contributed by atoms with Crippen molar-refractivity contribution in [3.63, 3.8) is 0 Å². The molecule has 1 aromatic rings. The minimum atomic E-state index is 0.499. The van der Waals surface area contributed by atoms with E-state index in [9.17, 15) is 0 Å². The number of fused-ring (bicyclic) bond motifs is 1. The maximum absolute atomic E-state index is 5.05. The van der Waals surface area contributed by atoms with Crippen LogP contribution >= 0.6 is 0 Å². The zero-order valence-electron chi connectivity index (χ0n) is 8.49. The first-order valence-corrected chi connectivity index (χ1v) is 5.03. The quantitative estimate of drug-likeness (QED) is 0.737. The number of anilines is 1. The van der Waals surface area contributed by atoms with Crippen LogP contribution in [-0.4, -0.2) is 13.1 Å². The first kappa shape index (κ1) is 9.49. The fourth-order valence-electron chi connectivity index (χ4n) is 2.04. The molecule has 76 valence electrons. The Morgan fingerprint density at radius 1 is 1.50 bits per heavy atom. The Labute approximate surface area is 84.4 Å². The van der Waals surface area contributed by atoms with E-state index in [0.29, 0.717) is 6.61 Å². The molecule has 0 spiro atoms. The van der Waals surface area contributed by atoms with Crippen LogP contribution in [0.3, 0.4) is 0 Å². The van der Waals surface area contributed by atoms with Crippen LogP contribution in [0.25, 0.3) is 0 Å². The summed E-state index contributed by atoms with van der Waals surface area (Å²) >= 11 is 0. The molecule has 0 aliphatic carbocycles. The lowest BCUT2D eigenvalue weighted by atomic mass is 10.1. The number of hydrogen-bond acceptors (Lipinski definition) is 3.